The van der Waals surface area contributed by atoms with Crippen LogP contribution in [0.5, 0.6) is 0 Å². The SMILES string of the molecule is CCCOCCC(=O)NC1CNCC1C. The maximum atomic E-state index is 11.5. The molecule has 0 bridgehead atoms. The lowest BCUT2D eigenvalue weighted by molar-refractivity contribution is -0.123. The smallest absolute Gasteiger partial charge is 0.222 e. The highest BCUT2D eigenvalue weighted by Crippen LogP contribution is 2.07. The van der Waals surface area contributed by atoms with Crippen LogP contribution in [0.15, 0.2) is 0 Å². The van der Waals surface area contributed by atoms with Crippen molar-refractivity contribution in [3.05, 3.63) is 0 Å². The van der Waals surface area contributed by atoms with Crippen LogP contribution in [-0.4, -0.2) is 38.3 Å². The summed E-state index contributed by atoms with van der Waals surface area (Å²) in [5.41, 5.74) is 0. The van der Waals surface area contributed by atoms with E-state index in [2.05, 4.69) is 24.5 Å². The lowest BCUT2D eigenvalue weighted by atomic mass is 10.1. The number of carbonyl (C=O) groups is 1. The molecule has 0 aromatic rings. The number of hydrogen-bond donors (Lipinski definition) is 2. The Hall–Kier alpha value is -0.610. The van der Waals surface area contributed by atoms with Crippen LogP contribution in [0.3, 0.4) is 0 Å². The normalized spacial score (nSPS) is 25.5. The third-order valence-corrected chi connectivity index (χ3v) is 2.69. The highest BCUT2D eigenvalue weighted by molar-refractivity contribution is 5.76. The first-order chi connectivity index (χ1) is 7.24. The van der Waals surface area contributed by atoms with Gasteiger partial charge in [0.15, 0.2) is 0 Å². The summed E-state index contributed by atoms with van der Waals surface area (Å²) in [4.78, 5) is 11.5. The average Bonchev–Trinajstić information content (AvgIpc) is 2.59. The van der Waals surface area contributed by atoms with Crippen molar-refractivity contribution in [3.8, 4) is 0 Å². The van der Waals surface area contributed by atoms with E-state index >= 15 is 0 Å². The summed E-state index contributed by atoms with van der Waals surface area (Å²) in [5, 5.41) is 6.28. The van der Waals surface area contributed by atoms with E-state index in [0.29, 0.717) is 25.0 Å². The quantitative estimate of drug-likeness (QED) is 0.634. The zero-order chi connectivity index (χ0) is 11.1. The van der Waals surface area contributed by atoms with Gasteiger partial charge in [-0.05, 0) is 18.9 Å². The minimum atomic E-state index is 0.103. The van der Waals surface area contributed by atoms with Crippen LogP contribution in [0.2, 0.25) is 0 Å². The molecule has 1 fully saturated rings. The second kappa shape index (κ2) is 6.80. The Labute approximate surface area is 91.8 Å². The van der Waals surface area contributed by atoms with Crippen molar-refractivity contribution in [2.24, 2.45) is 5.92 Å². The first-order valence-electron chi connectivity index (χ1n) is 5.82. The summed E-state index contributed by atoms with van der Waals surface area (Å²) in [5.74, 6) is 0.636. The minimum Gasteiger partial charge on any atom is -0.381 e. The molecule has 2 unspecified atom stereocenters. The molecule has 88 valence electrons. The second-order valence-electron chi connectivity index (χ2n) is 4.17. The molecule has 1 saturated heterocycles. The zero-order valence-electron chi connectivity index (χ0n) is 9.71. The van der Waals surface area contributed by atoms with Gasteiger partial charge in [-0.2, -0.15) is 0 Å². The van der Waals surface area contributed by atoms with Crippen molar-refractivity contribution in [2.45, 2.75) is 32.7 Å². The number of rotatable bonds is 6. The number of carbonyl (C=O) groups excluding carboxylic acids is 1. The molecule has 1 aliphatic rings. The van der Waals surface area contributed by atoms with E-state index in [4.69, 9.17) is 4.74 Å². The summed E-state index contributed by atoms with van der Waals surface area (Å²) in [6.07, 6.45) is 1.48. The molecule has 0 aromatic heterocycles. The molecule has 0 aromatic carbocycles. The summed E-state index contributed by atoms with van der Waals surface area (Å²) in [7, 11) is 0. The molecule has 2 atom stereocenters. The fraction of sp³-hybridized carbons (Fsp3) is 0.909. The van der Waals surface area contributed by atoms with Gasteiger partial charge in [-0.3, -0.25) is 4.79 Å². The third kappa shape index (κ3) is 4.62. The molecule has 0 radical (unpaired) electrons. The molecule has 1 heterocycles. The van der Waals surface area contributed by atoms with Gasteiger partial charge in [-0.25, -0.2) is 0 Å². The van der Waals surface area contributed by atoms with E-state index in [9.17, 15) is 4.79 Å². The predicted molar refractivity (Wildman–Crippen MR) is 59.7 cm³/mol. The van der Waals surface area contributed by atoms with Crippen LogP contribution < -0.4 is 10.6 Å². The maximum Gasteiger partial charge on any atom is 0.222 e. The van der Waals surface area contributed by atoms with Crippen molar-refractivity contribution in [1.82, 2.24) is 10.6 Å². The number of hydrogen-bond acceptors (Lipinski definition) is 3. The minimum absolute atomic E-state index is 0.103. The number of ether oxygens (including phenoxy) is 1. The lowest BCUT2D eigenvalue weighted by Crippen LogP contribution is -2.39. The number of amides is 1. The average molecular weight is 214 g/mol. The molecule has 2 N–H and O–H groups in total. The lowest BCUT2D eigenvalue weighted by Gasteiger charge is -2.16. The zero-order valence-corrected chi connectivity index (χ0v) is 9.71. The summed E-state index contributed by atoms with van der Waals surface area (Å²) in [6, 6.07) is 0.295. The van der Waals surface area contributed by atoms with Gasteiger partial charge in [-0.15, -0.1) is 0 Å². The van der Waals surface area contributed by atoms with Gasteiger partial charge in [0.1, 0.15) is 0 Å². The van der Waals surface area contributed by atoms with Gasteiger partial charge in [0.2, 0.25) is 5.91 Å². The molecule has 0 saturated carbocycles. The third-order valence-electron chi connectivity index (χ3n) is 2.69. The van der Waals surface area contributed by atoms with Gasteiger partial charge in [0.05, 0.1) is 6.61 Å². The fourth-order valence-corrected chi connectivity index (χ4v) is 1.69. The first-order valence-corrected chi connectivity index (χ1v) is 5.82. The highest BCUT2D eigenvalue weighted by atomic mass is 16.5. The topological polar surface area (TPSA) is 50.4 Å². The maximum absolute atomic E-state index is 11.5. The van der Waals surface area contributed by atoms with E-state index < -0.39 is 0 Å². The number of nitrogens with one attached hydrogen (secondary N) is 2. The molecule has 0 spiro atoms. The second-order valence-corrected chi connectivity index (χ2v) is 4.17. The van der Waals surface area contributed by atoms with Gasteiger partial charge in [0, 0.05) is 25.6 Å². The first kappa shape index (κ1) is 12.5. The van der Waals surface area contributed by atoms with Gasteiger partial charge in [-0.1, -0.05) is 13.8 Å². The highest BCUT2D eigenvalue weighted by Gasteiger charge is 2.23. The van der Waals surface area contributed by atoms with Gasteiger partial charge in [0.25, 0.3) is 0 Å². The summed E-state index contributed by atoms with van der Waals surface area (Å²) >= 11 is 0. The van der Waals surface area contributed by atoms with Crippen LogP contribution in [0.4, 0.5) is 0 Å². The van der Waals surface area contributed by atoms with Crippen LogP contribution in [0, 0.1) is 5.92 Å². The molecule has 1 rings (SSSR count). The Kier molecular flexibility index (Phi) is 5.65. The van der Waals surface area contributed by atoms with Crippen LogP contribution >= 0.6 is 0 Å². The monoisotopic (exact) mass is 214 g/mol. The molecule has 4 heteroatoms. The van der Waals surface area contributed by atoms with E-state index in [1.807, 2.05) is 0 Å². The van der Waals surface area contributed by atoms with E-state index in [0.717, 1.165) is 26.1 Å². The Balaban J connectivity index is 2.07. The molecular formula is C11H22N2O2. The Morgan fingerprint density at radius 2 is 2.27 bits per heavy atom. The summed E-state index contributed by atoms with van der Waals surface area (Å²) in [6.45, 7) is 7.38. The standard InChI is InChI=1S/C11H22N2O2/c1-3-5-15-6-4-11(14)13-10-8-12-7-9(10)2/h9-10,12H,3-8H2,1-2H3,(H,13,14). The van der Waals surface area contributed by atoms with Crippen LogP contribution in [-0.2, 0) is 9.53 Å². The van der Waals surface area contributed by atoms with E-state index in [-0.39, 0.29) is 5.91 Å². The van der Waals surface area contributed by atoms with Crippen molar-refractivity contribution >= 4 is 5.91 Å². The van der Waals surface area contributed by atoms with Gasteiger partial charge < -0.3 is 15.4 Å². The van der Waals surface area contributed by atoms with Gasteiger partial charge >= 0.3 is 0 Å². The molecule has 4 nitrogen and oxygen atoms in total. The predicted octanol–water partition coefficient (Wildman–Crippen LogP) is 0.527. The Bertz CT molecular complexity index is 197. The molecule has 1 aliphatic heterocycles. The van der Waals surface area contributed by atoms with Crippen LogP contribution in [0.25, 0.3) is 0 Å². The van der Waals surface area contributed by atoms with Crippen LogP contribution in [0.1, 0.15) is 26.7 Å². The molecule has 15 heavy (non-hydrogen) atoms. The Morgan fingerprint density at radius 3 is 2.87 bits per heavy atom. The molecule has 0 aliphatic carbocycles. The van der Waals surface area contributed by atoms with Crippen molar-refractivity contribution in [1.29, 1.82) is 0 Å². The molecule has 1 amide bonds. The Morgan fingerprint density at radius 1 is 1.47 bits per heavy atom. The van der Waals surface area contributed by atoms with Crippen molar-refractivity contribution in [2.75, 3.05) is 26.3 Å². The fourth-order valence-electron chi connectivity index (χ4n) is 1.69. The largest absolute Gasteiger partial charge is 0.381 e. The van der Waals surface area contributed by atoms with Crippen molar-refractivity contribution in [3.63, 3.8) is 0 Å². The summed E-state index contributed by atoms with van der Waals surface area (Å²) < 4.78 is 5.27. The van der Waals surface area contributed by atoms with E-state index in [1.165, 1.54) is 0 Å². The molecular weight excluding hydrogens is 192 g/mol. The van der Waals surface area contributed by atoms with Crippen molar-refractivity contribution < 1.29 is 9.53 Å². The van der Waals surface area contributed by atoms with E-state index in [1.54, 1.807) is 0 Å².